The van der Waals surface area contributed by atoms with Gasteiger partial charge in [0.2, 0.25) is 5.78 Å². The number of furan rings is 1. The lowest BCUT2D eigenvalue weighted by molar-refractivity contribution is 0.102. The fourth-order valence-corrected chi connectivity index (χ4v) is 2.27. The van der Waals surface area contributed by atoms with E-state index in [9.17, 15) is 4.79 Å². The summed E-state index contributed by atoms with van der Waals surface area (Å²) in [5, 5.41) is 2.08. The van der Waals surface area contributed by atoms with Crippen molar-refractivity contribution in [3.05, 3.63) is 76.0 Å². The van der Waals surface area contributed by atoms with Crippen LogP contribution in [0.15, 0.2) is 59.0 Å². The molecule has 3 aromatic rings. The molecule has 0 saturated carbocycles. The fraction of sp³-hybridized carbons (Fsp3) is 0. The first kappa shape index (κ1) is 13.9. The van der Waals surface area contributed by atoms with Gasteiger partial charge in [0.1, 0.15) is 5.58 Å². The molecular formula is C17H10Cl2O2. The van der Waals surface area contributed by atoms with Crippen LogP contribution < -0.4 is 0 Å². The van der Waals surface area contributed by atoms with Crippen LogP contribution in [0.5, 0.6) is 0 Å². The molecule has 0 aliphatic rings. The first-order chi connectivity index (χ1) is 10.1. The van der Waals surface area contributed by atoms with Crippen LogP contribution in [0.4, 0.5) is 0 Å². The van der Waals surface area contributed by atoms with Crippen molar-refractivity contribution < 1.29 is 9.21 Å². The van der Waals surface area contributed by atoms with Crippen molar-refractivity contribution in [2.75, 3.05) is 0 Å². The number of hydrogen-bond acceptors (Lipinski definition) is 2. The van der Waals surface area contributed by atoms with E-state index in [1.807, 2.05) is 12.1 Å². The molecule has 0 aliphatic heterocycles. The third-order valence-electron chi connectivity index (χ3n) is 3.02. The molecule has 4 heteroatoms. The van der Waals surface area contributed by atoms with E-state index in [0.717, 1.165) is 10.9 Å². The number of carbonyl (C=O) groups is 1. The molecule has 0 saturated heterocycles. The molecule has 1 aromatic heterocycles. The number of rotatable bonds is 3. The Morgan fingerprint density at radius 1 is 0.952 bits per heavy atom. The quantitative estimate of drug-likeness (QED) is 0.462. The summed E-state index contributed by atoms with van der Waals surface area (Å²) >= 11 is 11.7. The second-order valence-electron chi connectivity index (χ2n) is 4.54. The van der Waals surface area contributed by atoms with Gasteiger partial charge in [0.05, 0.1) is 0 Å². The van der Waals surface area contributed by atoms with E-state index >= 15 is 0 Å². The van der Waals surface area contributed by atoms with Gasteiger partial charge in [-0.3, -0.25) is 4.79 Å². The fourth-order valence-electron chi connectivity index (χ4n) is 1.96. The summed E-state index contributed by atoms with van der Waals surface area (Å²) in [6.45, 7) is 0. The van der Waals surface area contributed by atoms with Crippen LogP contribution in [-0.4, -0.2) is 5.78 Å². The van der Waals surface area contributed by atoms with Gasteiger partial charge in [-0.2, -0.15) is 0 Å². The molecule has 2 nitrogen and oxygen atoms in total. The van der Waals surface area contributed by atoms with Crippen LogP contribution in [-0.2, 0) is 0 Å². The standard InChI is InChI=1S/C17H10Cl2O2/c18-13-4-1-11(2-5-13)3-7-15(20)17-10-12-9-14(19)6-8-16(12)21-17/h1-10H/b7-3+. The predicted molar refractivity (Wildman–Crippen MR) is 86.0 cm³/mol. The molecule has 0 aliphatic carbocycles. The Kier molecular flexibility index (Phi) is 3.82. The van der Waals surface area contributed by atoms with Gasteiger partial charge < -0.3 is 4.42 Å². The maximum Gasteiger partial charge on any atom is 0.221 e. The van der Waals surface area contributed by atoms with E-state index in [4.69, 9.17) is 27.6 Å². The minimum atomic E-state index is -0.197. The molecule has 0 atom stereocenters. The molecule has 0 bridgehead atoms. The molecule has 0 spiro atoms. The minimum absolute atomic E-state index is 0.197. The van der Waals surface area contributed by atoms with E-state index in [1.165, 1.54) is 6.08 Å². The van der Waals surface area contributed by atoms with Gasteiger partial charge >= 0.3 is 0 Å². The molecule has 0 amide bonds. The van der Waals surface area contributed by atoms with E-state index in [0.29, 0.717) is 15.6 Å². The summed E-state index contributed by atoms with van der Waals surface area (Å²) in [7, 11) is 0. The highest BCUT2D eigenvalue weighted by atomic mass is 35.5. The van der Waals surface area contributed by atoms with Crippen LogP contribution in [0, 0.1) is 0 Å². The van der Waals surface area contributed by atoms with Gasteiger partial charge in [-0.1, -0.05) is 41.4 Å². The molecular weight excluding hydrogens is 307 g/mol. The van der Waals surface area contributed by atoms with Gasteiger partial charge in [-0.15, -0.1) is 0 Å². The smallest absolute Gasteiger partial charge is 0.221 e. The van der Waals surface area contributed by atoms with Crippen LogP contribution in [0.2, 0.25) is 10.0 Å². The third-order valence-corrected chi connectivity index (χ3v) is 3.51. The van der Waals surface area contributed by atoms with E-state index in [1.54, 1.807) is 42.5 Å². The second-order valence-corrected chi connectivity index (χ2v) is 5.41. The molecule has 0 fully saturated rings. The zero-order valence-corrected chi connectivity index (χ0v) is 12.4. The highest BCUT2D eigenvalue weighted by Gasteiger charge is 2.09. The van der Waals surface area contributed by atoms with Crippen molar-refractivity contribution in [2.45, 2.75) is 0 Å². The monoisotopic (exact) mass is 316 g/mol. The largest absolute Gasteiger partial charge is 0.453 e. The first-order valence-electron chi connectivity index (χ1n) is 6.29. The number of hydrogen-bond donors (Lipinski definition) is 0. The SMILES string of the molecule is O=C(/C=C/c1ccc(Cl)cc1)c1cc2cc(Cl)ccc2o1. The lowest BCUT2D eigenvalue weighted by atomic mass is 10.2. The molecule has 104 valence electrons. The summed E-state index contributed by atoms with van der Waals surface area (Å²) in [6, 6.07) is 14.2. The van der Waals surface area contributed by atoms with Crippen molar-refractivity contribution in [1.82, 2.24) is 0 Å². The van der Waals surface area contributed by atoms with Gasteiger partial charge in [0.25, 0.3) is 0 Å². The summed E-state index contributed by atoms with van der Waals surface area (Å²) in [6.07, 6.45) is 3.20. The summed E-state index contributed by atoms with van der Waals surface area (Å²) in [5.41, 5.74) is 1.54. The molecule has 3 rings (SSSR count). The van der Waals surface area contributed by atoms with E-state index in [-0.39, 0.29) is 11.5 Å². The third kappa shape index (κ3) is 3.18. The highest BCUT2D eigenvalue weighted by Crippen LogP contribution is 2.23. The molecule has 2 aromatic carbocycles. The highest BCUT2D eigenvalue weighted by molar-refractivity contribution is 6.31. The van der Waals surface area contributed by atoms with E-state index < -0.39 is 0 Å². The Morgan fingerprint density at radius 3 is 2.43 bits per heavy atom. The summed E-state index contributed by atoms with van der Waals surface area (Å²) in [4.78, 5) is 12.1. The van der Waals surface area contributed by atoms with Crippen LogP contribution in [0.1, 0.15) is 16.1 Å². The van der Waals surface area contributed by atoms with Crippen molar-refractivity contribution in [1.29, 1.82) is 0 Å². The van der Waals surface area contributed by atoms with Crippen molar-refractivity contribution in [3.8, 4) is 0 Å². The molecule has 21 heavy (non-hydrogen) atoms. The van der Waals surface area contributed by atoms with Crippen molar-refractivity contribution in [3.63, 3.8) is 0 Å². The average molecular weight is 317 g/mol. The zero-order valence-electron chi connectivity index (χ0n) is 10.8. The Hall–Kier alpha value is -2.03. The number of benzene rings is 2. The van der Waals surface area contributed by atoms with Gasteiger partial charge in [0.15, 0.2) is 5.76 Å². The summed E-state index contributed by atoms with van der Waals surface area (Å²) in [5.74, 6) is 0.0924. The number of fused-ring (bicyclic) bond motifs is 1. The molecule has 0 unspecified atom stereocenters. The normalized spacial score (nSPS) is 11.3. The van der Waals surface area contributed by atoms with Gasteiger partial charge in [-0.25, -0.2) is 0 Å². The number of halogens is 2. The Balaban J connectivity index is 1.84. The number of ketones is 1. The molecule has 0 N–H and O–H groups in total. The maximum absolute atomic E-state index is 12.1. The van der Waals surface area contributed by atoms with Crippen molar-refractivity contribution in [2.24, 2.45) is 0 Å². The molecule has 0 radical (unpaired) electrons. The zero-order chi connectivity index (χ0) is 14.8. The first-order valence-corrected chi connectivity index (χ1v) is 7.04. The van der Waals surface area contributed by atoms with Crippen molar-refractivity contribution >= 4 is 46.0 Å². The van der Waals surface area contributed by atoms with Crippen LogP contribution in [0.3, 0.4) is 0 Å². The number of allylic oxidation sites excluding steroid dienone is 1. The lowest BCUT2D eigenvalue weighted by Crippen LogP contribution is -1.90. The van der Waals surface area contributed by atoms with Gasteiger partial charge in [-0.05, 0) is 48.0 Å². The lowest BCUT2D eigenvalue weighted by Gasteiger charge is -1.93. The minimum Gasteiger partial charge on any atom is -0.453 e. The van der Waals surface area contributed by atoms with Crippen LogP contribution in [0.25, 0.3) is 17.0 Å². The van der Waals surface area contributed by atoms with E-state index in [2.05, 4.69) is 0 Å². The Morgan fingerprint density at radius 2 is 1.67 bits per heavy atom. The topological polar surface area (TPSA) is 30.2 Å². The number of carbonyl (C=O) groups excluding carboxylic acids is 1. The maximum atomic E-state index is 12.1. The Bertz CT molecular complexity index is 830. The Labute approximate surface area is 131 Å². The summed E-state index contributed by atoms with van der Waals surface area (Å²) < 4.78 is 5.51. The average Bonchev–Trinajstić information content (AvgIpc) is 2.89. The van der Waals surface area contributed by atoms with Gasteiger partial charge in [0, 0.05) is 15.4 Å². The second kappa shape index (κ2) is 5.76. The van der Waals surface area contributed by atoms with Crippen LogP contribution >= 0.6 is 23.2 Å². The molecule has 1 heterocycles. The predicted octanol–water partition coefficient (Wildman–Crippen LogP) is 5.64.